The lowest BCUT2D eigenvalue weighted by Gasteiger charge is -2.40. The Morgan fingerprint density at radius 3 is 2.94 bits per heavy atom. The molecule has 4 unspecified atom stereocenters. The van der Waals surface area contributed by atoms with Crippen LogP contribution in [0.3, 0.4) is 0 Å². The Morgan fingerprint density at radius 1 is 1.50 bits per heavy atom. The molecule has 94 valence electrons. The van der Waals surface area contributed by atoms with Crippen molar-refractivity contribution in [1.82, 2.24) is 0 Å². The molecule has 1 spiro atoms. The summed E-state index contributed by atoms with van der Waals surface area (Å²) in [4.78, 5) is 0. The Bertz CT molecular complexity index is 226. The third-order valence-electron chi connectivity index (χ3n) is 4.15. The van der Waals surface area contributed by atoms with Gasteiger partial charge in [0.1, 0.15) is 0 Å². The topological polar surface area (TPSA) is 35.2 Å². The largest absolute Gasteiger partial charge is 0.374 e. The summed E-state index contributed by atoms with van der Waals surface area (Å²) < 4.78 is 6.06. The molecule has 2 saturated heterocycles. The molecule has 2 aliphatic rings. The second-order valence-corrected chi connectivity index (χ2v) is 6.88. The maximum Gasteiger partial charge on any atom is 0.0783 e. The summed E-state index contributed by atoms with van der Waals surface area (Å²) in [6.45, 7) is 5.46. The quantitative estimate of drug-likeness (QED) is 0.827. The van der Waals surface area contributed by atoms with Crippen LogP contribution in [0.15, 0.2) is 0 Å². The SMILES string of the molecule is CC(N)CC(C)C1CCOC2(CCSC2)C1. The number of hydrogen-bond acceptors (Lipinski definition) is 3. The molecule has 2 rings (SSSR count). The van der Waals surface area contributed by atoms with Crippen LogP contribution in [0.4, 0.5) is 0 Å². The van der Waals surface area contributed by atoms with Gasteiger partial charge in [-0.1, -0.05) is 6.92 Å². The molecular formula is C13H25NOS. The monoisotopic (exact) mass is 243 g/mol. The van der Waals surface area contributed by atoms with E-state index in [1.54, 1.807) is 0 Å². The summed E-state index contributed by atoms with van der Waals surface area (Å²) in [6.07, 6.45) is 4.93. The standard InChI is InChI=1S/C13H25NOS/c1-10(7-11(2)14)12-3-5-15-13(8-12)4-6-16-9-13/h10-12H,3-9,14H2,1-2H3. The molecule has 2 fully saturated rings. The van der Waals surface area contributed by atoms with Crippen molar-refractivity contribution in [2.45, 2.75) is 51.2 Å². The van der Waals surface area contributed by atoms with Crippen LogP contribution >= 0.6 is 11.8 Å². The molecular weight excluding hydrogens is 218 g/mol. The van der Waals surface area contributed by atoms with Crippen LogP contribution in [-0.4, -0.2) is 29.8 Å². The minimum atomic E-state index is 0.236. The van der Waals surface area contributed by atoms with Crippen LogP contribution in [-0.2, 0) is 4.74 Å². The van der Waals surface area contributed by atoms with E-state index in [-0.39, 0.29) is 5.60 Å². The molecule has 0 bridgehead atoms. The maximum atomic E-state index is 6.06. The second-order valence-electron chi connectivity index (χ2n) is 5.78. The smallest absolute Gasteiger partial charge is 0.0783 e. The predicted octanol–water partition coefficient (Wildman–Crippen LogP) is 2.66. The molecule has 0 saturated carbocycles. The molecule has 0 radical (unpaired) electrons. The molecule has 2 nitrogen and oxygen atoms in total. The summed E-state index contributed by atoms with van der Waals surface area (Å²) in [6, 6.07) is 0.340. The van der Waals surface area contributed by atoms with E-state index >= 15 is 0 Å². The van der Waals surface area contributed by atoms with Gasteiger partial charge in [0.05, 0.1) is 5.60 Å². The van der Waals surface area contributed by atoms with Crippen molar-refractivity contribution in [3.63, 3.8) is 0 Å². The fraction of sp³-hybridized carbons (Fsp3) is 1.00. The highest BCUT2D eigenvalue weighted by atomic mass is 32.2. The van der Waals surface area contributed by atoms with Gasteiger partial charge < -0.3 is 10.5 Å². The lowest BCUT2D eigenvalue weighted by atomic mass is 9.77. The highest BCUT2D eigenvalue weighted by Crippen LogP contribution is 2.43. The molecule has 2 heterocycles. The molecule has 16 heavy (non-hydrogen) atoms. The van der Waals surface area contributed by atoms with E-state index in [1.165, 1.54) is 30.8 Å². The molecule has 2 aliphatic heterocycles. The number of ether oxygens (including phenoxy) is 1. The van der Waals surface area contributed by atoms with Crippen molar-refractivity contribution in [2.24, 2.45) is 17.6 Å². The van der Waals surface area contributed by atoms with Crippen molar-refractivity contribution in [3.8, 4) is 0 Å². The molecule has 2 N–H and O–H groups in total. The normalized spacial score (nSPS) is 38.8. The zero-order chi connectivity index (χ0) is 11.6. The highest BCUT2D eigenvalue weighted by Gasteiger charge is 2.41. The van der Waals surface area contributed by atoms with E-state index in [4.69, 9.17) is 10.5 Å². The van der Waals surface area contributed by atoms with Crippen molar-refractivity contribution in [2.75, 3.05) is 18.1 Å². The van der Waals surface area contributed by atoms with Gasteiger partial charge >= 0.3 is 0 Å². The Morgan fingerprint density at radius 2 is 2.31 bits per heavy atom. The van der Waals surface area contributed by atoms with Crippen molar-refractivity contribution < 1.29 is 4.74 Å². The van der Waals surface area contributed by atoms with Gasteiger partial charge in [-0.3, -0.25) is 0 Å². The molecule has 0 aromatic heterocycles. The van der Waals surface area contributed by atoms with Crippen LogP contribution < -0.4 is 5.73 Å². The van der Waals surface area contributed by atoms with E-state index < -0.39 is 0 Å². The molecule has 0 amide bonds. The van der Waals surface area contributed by atoms with Gasteiger partial charge in [-0.2, -0.15) is 11.8 Å². The van der Waals surface area contributed by atoms with E-state index in [0.29, 0.717) is 6.04 Å². The van der Waals surface area contributed by atoms with Crippen LogP contribution in [0.1, 0.15) is 39.5 Å². The van der Waals surface area contributed by atoms with E-state index in [0.717, 1.165) is 24.9 Å². The molecule has 3 heteroatoms. The lowest BCUT2D eigenvalue weighted by Crippen LogP contribution is -2.42. The van der Waals surface area contributed by atoms with Gasteiger partial charge in [-0.05, 0) is 50.2 Å². The Labute approximate surface area is 104 Å². The van der Waals surface area contributed by atoms with Crippen molar-refractivity contribution in [3.05, 3.63) is 0 Å². The number of nitrogens with two attached hydrogens (primary N) is 1. The summed E-state index contributed by atoms with van der Waals surface area (Å²) in [7, 11) is 0. The van der Waals surface area contributed by atoms with Gasteiger partial charge in [0.2, 0.25) is 0 Å². The molecule has 0 aliphatic carbocycles. The number of rotatable bonds is 3. The van der Waals surface area contributed by atoms with Gasteiger partial charge in [0, 0.05) is 18.4 Å². The lowest BCUT2D eigenvalue weighted by molar-refractivity contribution is -0.0886. The minimum Gasteiger partial charge on any atom is -0.374 e. The molecule has 0 aromatic rings. The zero-order valence-electron chi connectivity index (χ0n) is 10.6. The number of hydrogen-bond donors (Lipinski definition) is 1. The van der Waals surface area contributed by atoms with Crippen LogP contribution in [0.5, 0.6) is 0 Å². The van der Waals surface area contributed by atoms with Crippen LogP contribution in [0.2, 0.25) is 0 Å². The van der Waals surface area contributed by atoms with Crippen molar-refractivity contribution >= 4 is 11.8 Å². The third kappa shape index (κ3) is 2.93. The summed E-state index contributed by atoms with van der Waals surface area (Å²) >= 11 is 2.06. The predicted molar refractivity (Wildman–Crippen MR) is 70.8 cm³/mol. The van der Waals surface area contributed by atoms with Crippen molar-refractivity contribution in [1.29, 1.82) is 0 Å². The first-order valence-corrected chi connectivity index (χ1v) is 7.74. The van der Waals surface area contributed by atoms with Gasteiger partial charge in [-0.15, -0.1) is 0 Å². The first-order chi connectivity index (χ1) is 7.61. The first kappa shape index (κ1) is 12.7. The summed E-state index contributed by atoms with van der Waals surface area (Å²) in [5.41, 5.74) is 6.15. The number of thioether (sulfide) groups is 1. The Balaban J connectivity index is 1.90. The highest BCUT2D eigenvalue weighted by molar-refractivity contribution is 7.99. The van der Waals surface area contributed by atoms with E-state index in [9.17, 15) is 0 Å². The maximum absolute atomic E-state index is 6.06. The van der Waals surface area contributed by atoms with Gasteiger partial charge in [0.15, 0.2) is 0 Å². The van der Waals surface area contributed by atoms with E-state index in [2.05, 4.69) is 25.6 Å². The summed E-state index contributed by atoms with van der Waals surface area (Å²) in [5.74, 6) is 4.09. The average Bonchev–Trinajstić information content (AvgIpc) is 2.65. The second kappa shape index (κ2) is 5.28. The average molecular weight is 243 g/mol. The molecule has 4 atom stereocenters. The fourth-order valence-corrected chi connectivity index (χ4v) is 4.57. The first-order valence-electron chi connectivity index (χ1n) is 6.59. The third-order valence-corrected chi connectivity index (χ3v) is 5.37. The van der Waals surface area contributed by atoms with Gasteiger partial charge in [0.25, 0.3) is 0 Å². The van der Waals surface area contributed by atoms with Crippen LogP contribution in [0.25, 0.3) is 0 Å². The Kier molecular flexibility index (Phi) is 4.20. The minimum absolute atomic E-state index is 0.236. The van der Waals surface area contributed by atoms with Gasteiger partial charge in [-0.25, -0.2) is 0 Å². The zero-order valence-corrected chi connectivity index (χ0v) is 11.4. The molecule has 0 aromatic carbocycles. The van der Waals surface area contributed by atoms with Crippen LogP contribution in [0, 0.1) is 11.8 Å². The summed E-state index contributed by atoms with van der Waals surface area (Å²) in [5, 5.41) is 0. The Hall–Kier alpha value is 0.270. The van der Waals surface area contributed by atoms with E-state index in [1.807, 2.05) is 0 Å². The fourth-order valence-electron chi connectivity index (χ4n) is 3.19.